The molecule has 0 spiro atoms. The van der Waals surface area contributed by atoms with Crippen molar-refractivity contribution in [3.8, 4) is 16.9 Å². The van der Waals surface area contributed by atoms with E-state index in [2.05, 4.69) is 11.9 Å². The molecular formula is C23H26N2O3. The average molecular weight is 378 g/mol. The molecule has 3 rings (SSSR count). The third-order valence-corrected chi connectivity index (χ3v) is 5.02. The van der Waals surface area contributed by atoms with E-state index in [1.807, 2.05) is 48.5 Å². The monoisotopic (exact) mass is 378 g/mol. The zero-order chi connectivity index (χ0) is 19.9. The summed E-state index contributed by atoms with van der Waals surface area (Å²) in [5.41, 5.74) is 2.86. The minimum Gasteiger partial charge on any atom is -0.497 e. The standard InChI is InChI=1S/C23H26N2O3/c1-3-6-22(26)25-14-5-8-19(16-25)23(27)24-20-12-10-17(11-13-20)18-7-4-9-21(15-18)28-2/h3-4,7,9-13,15,19H,1,5-6,8,14,16H2,2H3,(H,24,27)/t19-/m1/s1. The summed E-state index contributed by atoms with van der Waals surface area (Å²) in [4.78, 5) is 26.5. The Morgan fingerprint density at radius 1 is 1.21 bits per heavy atom. The van der Waals surface area contributed by atoms with Crippen LogP contribution >= 0.6 is 0 Å². The second-order valence-electron chi connectivity index (χ2n) is 6.97. The van der Waals surface area contributed by atoms with Crippen LogP contribution in [0.1, 0.15) is 19.3 Å². The van der Waals surface area contributed by atoms with Crippen LogP contribution in [0.3, 0.4) is 0 Å². The molecule has 5 nitrogen and oxygen atoms in total. The van der Waals surface area contributed by atoms with Crippen LogP contribution in [0.5, 0.6) is 5.75 Å². The number of nitrogens with zero attached hydrogens (tertiary/aromatic N) is 1. The summed E-state index contributed by atoms with van der Waals surface area (Å²) >= 11 is 0. The molecule has 0 aliphatic carbocycles. The van der Waals surface area contributed by atoms with Crippen LogP contribution in [0.15, 0.2) is 61.2 Å². The van der Waals surface area contributed by atoms with E-state index in [9.17, 15) is 9.59 Å². The molecule has 2 aromatic carbocycles. The van der Waals surface area contributed by atoms with Crippen molar-refractivity contribution >= 4 is 17.5 Å². The smallest absolute Gasteiger partial charge is 0.229 e. The van der Waals surface area contributed by atoms with Crippen LogP contribution in [-0.4, -0.2) is 36.9 Å². The lowest BCUT2D eigenvalue weighted by Gasteiger charge is -2.32. The van der Waals surface area contributed by atoms with Crippen molar-refractivity contribution in [1.29, 1.82) is 0 Å². The van der Waals surface area contributed by atoms with Gasteiger partial charge in [-0.05, 0) is 48.2 Å². The van der Waals surface area contributed by atoms with Crippen LogP contribution in [0.25, 0.3) is 11.1 Å². The second kappa shape index (κ2) is 9.22. The summed E-state index contributed by atoms with van der Waals surface area (Å²) in [5.74, 6) is 0.628. The summed E-state index contributed by atoms with van der Waals surface area (Å²) in [5, 5.41) is 2.98. The molecule has 0 unspecified atom stereocenters. The number of carbonyl (C=O) groups excluding carboxylic acids is 2. The predicted octanol–water partition coefficient (Wildman–Crippen LogP) is 4.12. The maximum atomic E-state index is 12.6. The van der Waals surface area contributed by atoms with Crippen molar-refractivity contribution in [1.82, 2.24) is 4.90 Å². The van der Waals surface area contributed by atoms with Gasteiger partial charge in [-0.15, -0.1) is 6.58 Å². The maximum absolute atomic E-state index is 12.6. The van der Waals surface area contributed by atoms with Gasteiger partial charge in [-0.3, -0.25) is 9.59 Å². The van der Waals surface area contributed by atoms with Crippen molar-refractivity contribution in [2.75, 3.05) is 25.5 Å². The number of methoxy groups -OCH3 is 1. The molecule has 0 bridgehead atoms. The molecular weight excluding hydrogens is 352 g/mol. The highest BCUT2D eigenvalue weighted by molar-refractivity contribution is 5.93. The highest BCUT2D eigenvalue weighted by atomic mass is 16.5. The normalized spacial score (nSPS) is 16.3. The Bertz CT molecular complexity index is 845. The number of amides is 2. The first-order valence-electron chi connectivity index (χ1n) is 9.54. The Morgan fingerprint density at radius 2 is 2.00 bits per heavy atom. The molecule has 1 heterocycles. The van der Waals surface area contributed by atoms with Gasteiger partial charge >= 0.3 is 0 Å². The van der Waals surface area contributed by atoms with Gasteiger partial charge in [0.1, 0.15) is 5.75 Å². The fourth-order valence-electron chi connectivity index (χ4n) is 3.46. The van der Waals surface area contributed by atoms with E-state index in [4.69, 9.17) is 4.74 Å². The Morgan fingerprint density at radius 3 is 2.71 bits per heavy atom. The highest BCUT2D eigenvalue weighted by Crippen LogP contribution is 2.26. The van der Waals surface area contributed by atoms with E-state index in [1.54, 1.807) is 18.1 Å². The average Bonchev–Trinajstić information content (AvgIpc) is 2.74. The van der Waals surface area contributed by atoms with E-state index in [-0.39, 0.29) is 17.7 Å². The number of anilines is 1. The summed E-state index contributed by atoms with van der Waals surface area (Å²) in [6, 6.07) is 15.6. The van der Waals surface area contributed by atoms with E-state index >= 15 is 0 Å². The molecule has 0 aromatic heterocycles. The molecule has 1 saturated heterocycles. The summed E-state index contributed by atoms with van der Waals surface area (Å²) in [7, 11) is 1.65. The van der Waals surface area contributed by atoms with Crippen LogP contribution in [0.2, 0.25) is 0 Å². The molecule has 2 amide bonds. The topological polar surface area (TPSA) is 58.6 Å². The lowest BCUT2D eigenvalue weighted by atomic mass is 9.96. The molecule has 1 fully saturated rings. The van der Waals surface area contributed by atoms with Crippen LogP contribution in [-0.2, 0) is 9.59 Å². The fraction of sp³-hybridized carbons (Fsp3) is 0.304. The molecule has 1 N–H and O–H groups in total. The maximum Gasteiger partial charge on any atom is 0.229 e. The van der Waals surface area contributed by atoms with Gasteiger partial charge in [-0.2, -0.15) is 0 Å². The van der Waals surface area contributed by atoms with Gasteiger partial charge in [-0.25, -0.2) is 0 Å². The Hall–Kier alpha value is -3.08. The van der Waals surface area contributed by atoms with Gasteiger partial charge in [0.25, 0.3) is 0 Å². The Balaban J connectivity index is 1.62. The minimum absolute atomic E-state index is 0.0368. The second-order valence-corrected chi connectivity index (χ2v) is 6.97. The number of benzene rings is 2. The van der Waals surface area contributed by atoms with Crippen LogP contribution in [0, 0.1) is 5.92 Å². The lowest BCUT2D eigenvalue weighted by Crippen LogP contribution is -2.43. The van der Waals surface area contributed by atoms with Crippen LogP contribution in [0.4, 0.5) is 5.69 Å². The first-order valence-corrected chi connectivity index (χ1v) is 9.54. The Labute approximate surface area is 166 Å². The summed E-state index contributed by atoms with van der Waals surface area (Å²) in [6.45, 7) is 4.80. The predicted molar refractivity (Wildman–Crippen MR) is 111 cm³/mol. The molecule has 5 heteroatoms. The molecule has 2 aromatic rings. The van der Waals surface area contributed by atoms with Gasteiger partial charge in [0.2, 0.25) is 11.8 Å². The SMILES string of the molecule is C=CCC(=O)N1CCC[C@@H](C(=O)Nc2ccc(-c3cccc(OC)c3)cc2)C1. The number of piperidine rings is 1. The minimum atomic E-state index is -0.180. The van der Waals surface area contributed by atoms with Gasteiger partial charge < -0.3 is 15.0 Å². The molecule has 28 heavy (non-hydrogen) atoms. The van der Waals surface area contributed by atoms with Crippen molar-refractivity contribution in [2.24, 2.45) is 5.92 Å². The number of carbonyl (C=O) groups is 2. The van der Waals surface area contributed by atoms with E-state index in [1.165, 1.54) is 0 Å². The van der Waals surface area contributed by atoms with E-state index < -0.39 is 0 Å². The quantitative estimate of drug-likeness (QED) is 0.770. The van der Waals surface area contributed by atoms with E-state index in [0.717, 1.165) is 35.4 Å². The lowest BCUT2D eigenvalue weighted by molar-refractivity contribution is -0.133. The third kappa shape index (κ3) is 4.80. The molecule has 1 atom stereocenters. The molecule has 1 aliphatic rings. The van der Waals surface area contributed by atoms with Crippen molar-refractivity contribution < 1.29 is 14.3 Å². The Kier molecular flexibility index (Phi) is 6.48. The van der Waals surface area contributed by atoms with Gasteiger partial charge in [0, 0.05) is 25.2 Å². The molecule has 0 radical (unpaired) electrons. The first kappa shape index (κ1) is 19.7. The molecule has 1 aliphatic heterocycles. The largest absolute Gasteiger partial charge is 0.497 e. The number of hydrogen-bond donors (Lipinski definition) is 1. The van der Waals surface area contributed by atoms with Crippen molar-refractivity contribution in [3.63, 3.8) is 0 Å². The fourth-order valence-corrected chi connectivity index (χ4v) is 3.46. The number of hydrogen-bond acceptors (Lipinski definition) is 3. The number of rotatable bonds is 6. The summed E-state index contributed by atoms with van der Waals surface area (Å²) < 4.78 is 5.27. The highest BCUT2D eigenvalue weighted by Gasteiger charge is 2.27. The number of likely N-dealkylation sites (tertiary alicyclic amines) is 1. The number of nitrogens with one attached hydrogen (secondary N) is 1. The molecule has 146 valence electrons. The molecule has 0 saturated carbocycles. The van der Waals surface area contributed by atoms with Gasteiger partial charge in [0.05, 0.1) is 13.0 Å². The van der Waals surface area contributed by atoms with Crippen molar-refractivity contribution in [2.45, 2.75) is 19.3 Å². The van der Waals surface area contributed by atoms with Crippen LogP contribution < -0.4 is 10.1 Å². The van der Waals surface area contributed by atoms with Gasteiger partial charge in [0.15, 0.2) is 0 Å². The van der Waals surface area contributed by atoms with E-state index in [0.29, 0.717) is 19.5 Å². The zero-order valence-electron chi connectivity index (χ0n) is 16.2. The summed E-state index contributed by atoms with van der Waals surface area (Å²) in [6.07, 6.45) is 3.57. The van der Waals surface area contributed by atoms with Crippen molar-refractivity contribution in [3.05, 3.63) is 61.2 Å². The third-order valence-electron chi connectivity index (χ3n) is 5.02. The number of ether oxygens (including phenoxy) is 1. The zero-order valence-corrected chi connectivity index (χ0v) is 16.2. The van der Waals surface area contributed by atoms with Gasteiger partial charge in [-0.1, -0.05) is 30.3 Å². The first-order chi connectivity index (χ1) is 13.6.